The van der Waals surface area contributed by atoms with Gasteiger partial charge in [0.05, 0.1) is 17.9 Å². The number of hydrogen-bond acceptors (Lipinski definition) is 7. The number of aromatic nitrogens is 5. The van der Waals surface area contributed by atoms with Crippen LogP contribution in [-0.4, -0.2) is 44.6 Å². The molecule has 0 atom stereocenters. The van der Waals surface area contributed by atoms with Gasteiger partial charge in [-0.15, -0.1) is 10.2 Å². The monoisotopic (exact) mass is 340 g/mol. The Bertz CT molecular complexity index is 911. The highest BCUT2D eigenvalue weighted by molar-refractivity contribution is 5.68. The molecule has 0 amide bonds. The number of fused-ring (bicyclic) bond motifs is 2. The number of aryl methyl sites for hydroxylation is 1. The molecule has 0 saturated carbocycles. The van der Waals surface area contributed by atoms with Crippen molar-refractivity contribution in [1.82, 2.24) is 24.8 Å². The topological polar surface area (TPSA) is 81.6 Å². The molecule has 0 radical (unpaired) electrons. The van der Waals surface area contributed by atoms with E-state index in [0.29, 0.717) is 5.92 Å². The fourth-order valence-electron chi connectivity index (χ4n) is 3.71. The normalized spacial score (nSPS) is 18.7. The van der Waals surface area contributed by atoms with E-state index >= 15 is 0 Å². The van der Waals surface area contributed by atoms with Gasteiger partial charge in [-0.2, -0.15) is 9.61 Å². The molecule has 1 fully saturated rings. The molecule has 0 bridgehead atoms. The van der Waals surface area contributed by atoms with E-state index in [1.54, 1.807) is 10.8 Å². The zero-order valence-corrected chi connectivity index (χ0v) is 14.2. The number of nitrogens with zero attached hydrogens (tertiary/aromatic N) is 6. The van der Waals surface area contributed by atoms with E-state index in [2.05, 4.69) is 26.3 Å². The summed E-state index contributed by atoms with van der Waals surface area (Å²) in [6.45, 7) is 5.18. The van der Waals surface area contributed by atoms with Crippen molar-refractivity contribution < 1.29 is 9.15 Å². The van der Waals surface area contributed by atoms with Gasteiger partial charge in [0.1, 0.15) is 17.8 Å². The second-order valence-electron chi connectivity index (χ2n) is 6.75. The lowest BCUT2D eigenvalue weighted by Crippen LogP contribution is -2.30. The SMILES string of the molecule is Cc1cc(N2CCc3oc(C4CCOCC4)nc3C2)c2nncn2n1. The first-order chi connectivity index (χ1) is 12.3. The Morgan fingerprint density at radius 3 is 3.00 bits per heavy atom. The molecule has 3 aromatic heterocycles. The van der Waals surface area contributed by atoms with Crippen molar-refractivity contribution in [3.05, 3.63) is 35.4 Å². The number of rotatable bonds is 2. The minimum atomic E-state index is 0.388. The summed E-state index contributed by atoms with van der Waals surface area (Å²) in [4.78, 5) is 7.11. The van der Waals surface area contributed by atoms with E-state index in [1.807, 2.05) is 6.92 Å². The average Bonchev–Trinajstić information content (AvgIpc) is 3.27. The fourth-order valence-corrected chi connectivity index (χ4v) is 3.71. The van der Waals surface area contributed by atoms with Crippen LogP contribution in [0.5, 0.6) is 0 Å². The molecule has 25 heavy (non-hydrogen) atoms. The summed E-state index contributed by atoms with van der Waals surface area (Å²) in [5, 5.41) is 12.6. The summed E-state index contributed by atoms with van der Waals surface area (Å²) in [6, 6.07) is 2.06. The van der Waals surface area contributed by atoms with Gasteiger partial charge in [0.25, 0.3) is 0 Å². The predicted octanol–water partition coefficient (Wildman–Crippen LogP) is 1.88. The maximum Gasteiger partial charge on any atom is 0.200 e. The van der Waals surface area contributed by atoms with Gasteiger partial charge in [0.2, 0.25) is 5.65 Å². The first kappa shape index (κ1) is 14.8. The number of oxazole rings is 1. The summed E-state index contributed by atoms with van der Waals surface area (Å²) >= 11 is 0. The molecule has 1 saturated heterocycles. The van der Waals surface area contributed by atoms with Gasteiger partial charge in [-0.05, 0) is 25.8 Å². The van der Waals surface area contributed by atoms with Crippen LogP contribution in [0.4, 0.5) is 5.69 Å². The summed E-state index contributed by atoms with van der Waals surface area (Å²) in [7, 11) is 0. The van der Waals surface area contributed by atoms with E-state index in [-0.39, 0.29) is 0 Å². The quantitative estimate of drug-likeness (QED) is 0.704. The Morgan fingerprint density at radius 2 is 2.12 bits per heavy atom. The van der Waals surface area contributed by atoms with E-state index in [0.717, 1.165) is 79.9 Å². The summed E-state index contributed by atoms with van der Waals surface area (Å²) in [5.41, 5.74) is 3.81. The molecule has 130 valence electrons. The van der Waals surface area contributed by atoms with Crippen LogP contribution in [-0.2, 0) is 17.7 Å². The molecule has 0 spiro atoms. The third-order valence-corrected chi connectivity index (χ3v) is 5.03. The van der Waals surface area contributed by atoms with E-state index in [4.69, 9.17) is 14.1 Å². The van der Waals surface area contributed by atoms with Crippen molar-refractivity contribution in [1.29, 1.82) is 0 Å². The maximum absolute atomic E-state index is 6.09. The second kappa shape index (κ2) is 5.80. The first-order valence-corrected chi connectivity index (χ1v) is 8.77. The number of hydrogen-bond donors (Lipinski definition) is 0. The lowest BCUT2D eigenvalue weighted by Gasteiger charge is -2.27. The van der Waals surface area contributed by atoms with Crippen molar-refractivity contribution in [3.8, 4) is 0 Å². The smallest absolute Gasteiger partial charge is 0.200 e. The molecule has 8 heteroatoms. The summed E-state index contributed by atoms with van der Waals surface area (Å²) in [5.74, 6) is 2.30. The van der Waals surface area contributed by atoms with Gasteiger partial charge in [-0.25, -0.2) is 4.98 Å². The number of ether oxygens (including phenoxy) is 1. The minimum Gasteiger partial charge on any atom is -0.445 e. The Morgan fingerprint density at radius 1 is 1.24 bits per heavy atom. The van der Waals surface area contributed by atoms with Crippen LogP contribution in [0.15, 0.2) is 16.8 Å². The zero-order chi connectivity index (χ0) is 16.8. The fraction of sp³-hybridized carbons (Fsp3) is 0.529. The van der Waals surface area contributed by atoms with Crippen LogP contribution >= 0.6 is 0 Å². The van der Waals surface area contributed by atoms with Crippen molar-refractivity contribution in [2.45, 2.75) is 38.6 Å². The molecule has 2 aliphatic heterocycles. The van der Waals surface area contributed by atoms with Crippen molar-refractivity contribution in [2.75, 3.05) is 24.7 Å². The van der Waals surface area contributed by atoms with Crippen LogP contribution < -0.4 is 4.90 Å². The van der Waals surface area contributed by atoms with Gasteiger partial charge in [-0.3, -0.25) is 0 Å². The zero-order valence-electron chi connectivity index (χ0n) is 14.2. The van der Waals surface area contributed by atoms with E-state index in [9.17, 15) is 0 Å². The average molecular weight is 340 g/mol. The van der Waals surface area contributed by atoms with Crippen molar-refractivity contribution in [2.24, 2.45) is 0 Å². The molecule has 0 N–H and O–H groups in total. The van der Waals surface area contributed by atoms with Crippen molar-refractivity contribution >= 4 is 11.3 Å². The molecular formula is C17H20N6O2. The predicted molar refractivity (Wildman–Crippen MR) is 89.6 cm³/mol. The van der Waals surface area contributed by atoms with Crippen LogP contribution in [0.2, 0.25) is 0 Å². The third kappa shape index (κ3) is 2.57. The standard InChI is InChI=1S/C17H20N6O2/c1-11-8-14(16-20-18-10-23(16)21-11)22-5-2-15-13(9-22)19-17(25-15)12-3-6-24-7-4-12/h8,10,12H,2-7,9H2,1H3. The van der Waals surface area contributed by atoms with Crippen LogP contribution in [0.1, 0.15) is 41.8 Å². The Hall–Kier alpha value is -2.48. The Kier molecular flexibility index (Phi) is 3.44. The van der Waals surface area contributed by atoms with Gasteiger partial charge < -0.3 is 14.1 Å². The molecular weight excluding hydrogens is 320 g/mol. The van der Waals surface area contributed by atoms with Crippen LogP contribution in [0.25, 0.3) is 5.65 Å². The maximum atomic E-state index is 6.09. The Balaban J connectivity index is 1.45. The molecule has 5 rings (SSSR count). The number of anilines is 1. The molecule has 0 aliphatic carbocycles. The van der Waals surface area contributed by atoms with Crippen LogP contribution in [0.3, 0.4) is 0 Å². The minimum absolute atomic E-state index is 0.388. The molecule has 0 unspecified atom stereocenters. The molecule has 8 nitrogen and oxygen atoms in total. The second-order valence-corrected chi connectivity index (χ2v) is 6.75. The van der Waals surface area contributed by atoms with Crippen LogP contribution in [0, 0.1) is 6.92 Å². The Labute approximate surface area is 144 Å². The van der Waals surface area contributed by atoms with Crippen molar-refractivity contribution in [3.63, 3.8) is 0 Å². The molecule has 3 aromatic rings. The summed E-state index contributed by atoms with van der Waals surface area (Å²) in [6.07, 6.45) is 4.48. The van der Waals surface area contributed by atoms with Gasteiger partial charge >= 0.3 is 0 Å². The third-order valence-electron chi connectivity index (χ3n) is 5.03. The summed E-state index contributed by atoms with van der Waals surface area (Å²) < 4.78 is 13.3. The molecule has 5 heterocycles. The van der Waals surface area contributed by atoms with Gasteiger partial charge in [0, 0.05) is 32.1 Å². The molecule has 2 aliphatic rings. The highest BCUT2D eigenvalue weighted by Gasteiger charge is 2.28. The van der Waals surface area contributed by atoms with E-state index < -0.39 is 0 Å². The highest BCUT2D eigenvalue weighted by atomic mass is 16.5. The highest BCUT2D eigenvalue weighted by Crippen LogP contribution is 2.32. The lowest BCUT2D eigenvalue weighted by molar-refractivity contribution is 0.0791. The van der Waals surface area contributed by atoms with Gasteiger partial charge in [0.15, 0.2) is 5.89 Å². The first-order valence-electron chi connectivity index (χ1n) is 8.77. The van der Waals surface area contributed by atoms with Gasteiger partial charge in [-0.1, -0.05) is 0 Å². The lowest BCUT2D eigenvalue weighted by atomic mass is 10.0. The largest absolute Gasteiger partial charge is 0.445 e. The molecule has 0 aromatic carbocycles. The van der Waals surface area contributed by atoms with E-state index in [1.165, 1.54) is 0 Å².